The Hall–Kier alpha value is -0.420. The van der Waals surface area contributed by atoms with E-state index in [1.807, 2.05) is 0 Å². The Morgan fingerprint density at radius 1 is 1.07 bits per heavy atom. The molecule has 0 saturated heterocycles. The zero-order chi connectivity index (χ0) is 20.5. The van der Waals surface area contributed by atoms with Crippen molar-refractivity contribution in [2.24, 2.45) is 28.6 Å². The maximum absolute atomic E-state index is 11.5. The van der Waals surface area contributed by atoms with Gasteiger partial charge in [0.2, 0.25) is 0 Å². The van der Waals surface area contributed by atoms with Crippen LogP contribution in [0, 0.1) is 28.6 Å². The maximum Gasteiger partial charge on any atom is 0.0610 e. The number of aliphatic hydroxyl groups is 2. The molecule has 162 valence electrons. The van der Waals surface area contributed by atoms with Gasteiger partial charge in [0.05, 0.1) is 12.2 Å². The van der Waals surface area contributed by atoms with E-state index < -0.39 is 0 Å². The highest BCUT2D eigenvalue weighted by molar-refractivity contribution is 5.21. The topological polar surface area (TPSA) is 55.7 Å². The van der Waals surface area contributed by atoms with Crippen molar-refractivity contribution in [2.75, 3.05) is 33.7 Å². The molecule has 2 unspecified atom stereocenters. The van der Waals surface area contributed by atoms with Gasteiger partial charge in [-0.1, -0.05) is 26.0 Å². The van der Waals surface area contributed by atoms with Gasteiger partial charge in [-0.15, -0.1) is 0 Å². The van der Waals surface area contributed by atoms with Gasteiger partial charge in [0.25, 0.3) is 0 Å². The molecule has 7 atom stereocenters. The fourth-order valence-electron chi connectivity index (χ4n) is 6.77. The first-order valence-electron chi connectivity index (χ1n) is 11.6. The summed E-state index contributed by atoms with van der Waals surface area (Å²) in [7, 11) is 4.21. The van der Waals surface area contributed by atoms with Crippen LogP contribution in [0.5, 0.6) is 0 Å². The van der Waals surface area contributed by atoms with Crippen molar-refractivity contribution >= 4 is 0 Å². The highest BCUT2D eigenvalue weighted by Crippen LogP contribution is 2.61. The second-order valence-electron chi connectivity index (χ2n) is 10.8. The van der Waals surface area contributed by atoms with E-state index in [9.17, 15) is 10.2 Å². The molecule has 3 fully saturated rings. The molecule has 3 rings (SSSR count). The summed E-state index contributed by atoms with van der Waals surface area (Å²) < 4.78 is 0. The molecule has 4 nitrogen and oxygen atoms in total. The first kappa shape index (κ1) is 22.3. The molecule has 0 aromatic carbocycles. The molecule has 0 radical (unpaired) electrons. The number of fused-ring (bicyclic) bond motifs is 1. The molecule has 0 amide bonds. The molecular weight excluding hydrogens is 348 g/mol. The number of rotatable bonds is 7. The fourth-order valence-corrected chi connectivity index (χ4v) is 6.77. The summed E-state index contributed by atoms with van der Waals surface area (Å²) in [5.74, 6) is 1.22. The van der Waals surface area contributed by atoms with Gasteiger partial charge in [-0.25, -0.2) is 0 Å². The highest BCUT2D eigenvalue weighted by atomic mass is 16.3. The number of aliphatic hydroxyl groups excluding tert-OH is 2. The monoisotopic (exact) mass is 392 g/mol. The summed E-state index contributed by atoms with van der Waals surface area (Å²) in [5.41, 5.74) is 1.64. The molecule has 3 N–H and O–H groups in total. The quantitative estimate of drug-likeness (QED) is 0.459. The van der Waals surface area contributed by atoms with Gasteiger partial charge >= 0.3 is 0 Å². The summed E-state index contributed by atoms with van der Waals surface area (Å²) in [6.45, 7) is 12.2. The third-order valence-electron chi connectivity index (χ3n) is 8.94. The second-order valence-corrected chi connectivity index (χ2v) is 10.8. The van der Waals surface area contributed by atoms with Crippen LogP contribution in [0.4, 0.5) is 0 Å². The molecule has 4 heteroatoms. The number of nitrogens with zero attached hydrogens (tertiary/aromatic N) is 1. The molecule has 0 aromatic heterocycles. The van der Waals surface area contributed by atoms with Crippen LogP contribution in [-0.2, 0) is 0 Å². The van der Waals surface area contributed by atoms with Crippen molar-refractivity contribution in [3.63, 3.8) is 0 Å². The minimum Gasteiger partial charge on any atom is -0.393 e. The summed E-state index contributed by atoms with van der Waals surface area (Å²) >= 11 is 0. The number of likely N-dealkylation sites (N-methyl/N-ethyl adjacent to an activating group) is 1. The summed E-state index contributed by atoms with van der Waals surface area (Å²) in [6.07, 6.45) is 7.99. The molecule has 3 aliphatic rings. The van der Waals surface area contributed by atoms with Gasteiger partial charge in [0.15, 0.2) is 0 Å². The molecule has 0 bridgehead atoms. The van der Waals surface area contributed by atoms with Gasteiger partial charge in [-0.3, -0.25) is 0 Å². The molecule has 0 heterocycles. The number of hydrogen-bond donors (Lipinski definition) is 3. The molecule has 0 aliphatic heterocycles. The van der Waals surface area contributed by atoms with E-state index in [1.165, 1.54) is 12.0 Å². The minimum absolute atomic E-state index is 0.132. The lowest BCUT2D eigenvalue weighted by Crippen LogP contribution is -2.53. The highest BCUT2D eigenvalue weighted by Gasteiger charge is 2.56. The summed E-state index contributed by atoms with van der Waals surface area (Å²) in [4.78, 5) is 2.20. The van der Waals surface area contributed by atoms with Gasteiger partial charge in [-0.2, -0.15) is 0 Å². The van der Waals surface area contributed by atoms with Crippen LogP contribution < -0.4 is 5.32 Å². The third-order valence-corrected chi connectivity index (χ3v) is 8.94. The van der Waals surface area contributed by atoms with Crippen molar-refractivity contribution in [2.45, 2.75) is 77.4 Å². The lowest BCUT2D eigenvalue weighted by Gasteiger charge is -2.55. The Bertz CT molecular complexity index is 551. The van der Waals surface area contributed by atoms with Crippen molar-refractivity contribution in [3.8, 4) is 0 Å². The van der Waals surface area contributed by atoms with E-state index in [0.29, 0.717) is 17.8 Å². The lowest BCUT2D eigenvalue weighted by molar-refractivity contribution is -0.120. The van der Waals surface area contributed by atoms with Crippen molar-refractivity contribution in [1.82, 2.24) is 10.2 Å². The Balaban J connectivity index is 1.67. The Labute approximate surface area is 172 Å². The lowest BCUT2D eigenvalue weighted by atomic mass is 9.51. The zero-order valence-electron chi connectivity index (χ0n) is 18.7. The molecule has 28 heavy (non-hydrogen) atoms. The minimum atomic E-state index is -0.220. The second kappa shape index (κ2) is 8.75. The van der Waals surface area contributed by atoms with Crippen molar-refractivity contribution in [1.29, 1.82) is 0 Å². The van der Waals surface area contributed by atoms with Gasteiger partial charge in [0.1, 0.15) is 0 Å². The van der Waals surface area contributed by atoms with E-state index >= 15 is 0 Å². The zero-order valence-corrected chi connectivity index (χ0v) is 18.7. The molecule has 3 aliphatic carbocycles. The van der Waals surface area contributed by atoms with Crippen LogP contribution in [0.3, 0.4) is 0 Å². The van der Waals surface area contributed by atoms with Crippen LogP contribution in [0.15, 0.2) is 12.2 Å². The Kier molecular flexibility index (Phi) is 6.96. The fraction of sp³-hybridized carbons (Fsp3) is 0.917. The van der Waals surface area contributed by atoms with Crippen LogP contribution in [0.1, 0.15) is 65.2 Å². The van der Waals surface area contributed by atoms with Crippen molar-refractivity contribution < 1.29 is 10.2 Å². The predicted molar refractivity (Wildman–Crippen MR) is 116 cm³/mol. The van der Waals surface area contributed by atoms with Crippen LogP contribution >= 0.6 is 0 Å². The average molecular weight is 393 g/mol. The van der Waals surface area contributed by atoms with Crippen molar-refractivity contribution in [3.05, 3.63) is 12.2 Å². The van der Waals surface area contributed by atoms with Gasteiger partial charge in [0, 0.05) is 13.1 Å². The van der Waals surface area contributed by atoms with E-state index in [1.54, 1.807) is 0 Å². The van der Waals surface area contributed by atoms with Crippen LogP contribution in [-0.4, -0.2) is 61.1 Å². The van der Waals surface area contributed by atoms with Crippen LogP contribution in [0.25, 0.3) is 0 Å². The molecule has 0 spiro atoms. The number of hydrogen-bond acceptors (Lipinski definition) is 4. The smallest absolute Gasteiger partial charge is 0.0610 e. The number of allylic oxidation sites excluding steroid dienone is 1. The van der Waals surface area contributed by atoms with Gasteiger partial charge < -0.3 is 20.4 Å². The predicted octanol–water partition coefficient (Wildman–Crippen LogP) is 3.44. The Morgan fingerprint density at radius 3 is 2.54 bits per heavy atom. The first-order chi connectivity index (χ1) is 13.2. The van der Waals surface area contributed by atoms with E-state index in [0.717, 1.165) is 64.6 Å². The molecular formula is C24H44N2O2. The van der Waals surface area contributed by atoms with E-state index in [4.69, 9.17) is 0 Å². The SMILES string of the molecule is C=C1CCC2[C@@H](O)C([C@@]3(C)CC[C@H](O)C[C@@H]3CCNCCN(C)C)CC[C@@]12C. The summed E-state index contributed by atoms with van der Waals surface area (Å²) in [5, 5.41) is 25.4. The largest absolute Gasteiger partial charge is 0.393 e. The van der Waals surface area contributed by atoms with E-state index in [-0.39, 0.29) is 23.0 Å². The van der Waals surface area contributed by atoms with Gasteiger partial charge in [-0.05, 0) is 101 Å². The normalized spacial score (nSPS) is 44.1. The number of nitrogens with one attached hydrogen (secondary N) is 1. The third kappa shape index (κ3) is 4.21. The van der Waals surface area contributed by atoms with Crippen LogP contribution in [0.2, 0.25) is 0 Å². The van der Waals surface area contributed by atoms with E-state index in [2.05, 4.69) is 44.7 Å². The molecule has 3 saturated carbocycles. The average Bonchev–Trinajstić information content (AvgIpc) is 2.93. The Morgan fingerprint density at radius 2 is 1.82 bits per heavy atom. The summed E-state index contributed by atoms with van der Waals surface area (Å²) in [6, 6.07) is 0. The molecule has 0 aromatic rings. The standard InChI is InChI=1S/C24H44N2O2/c1-17-6-7-20-22(28)21(9-12-23(17,20)2)24(3)11-8-19(27)16-18(24)10-13-25-14-15-26(4)5/h18-22,25,27-28H,1,6-16H2,2-5H3/t18-,19-,20?,21?,22+,23-,24-/m0/s1. The first-order valence-corrected chi connectivity index (χ1v) is 11.6. The maximum atomic E-state index is 11.5.